The molecule has 4 heteroatoms. The van der Waals surface area contributed by atoms with E-state index in [2.05, 4.69) is 34.5 Å². The van der Waals surface area contributed by atoms with E-state index in [-0.39, 0.29) is 0 Å². The number of nitrogens with one attached hydrogen (secondary N) is 1. The van der Waals surface area contributed by atoms with Crippen LogP contribution in [-0.2, 0) is 6.54 Å². The van der Waals surface area contributed by atoms with Gasteiger partial charge in [0.15, 0.2) is 5.11 Å². The van der Waals surface area contributed by atoms with Crippen LogP contribution in [0.4, 0.5) is 11.4 Å². The molecule has 0 saturated heterocycles. The van der Waals surface area contributed by atoms with Gasteiger partial charge in [-0.3, -0.25) is 0 Å². The summed E-state index contributed by atoms with van der Waals surface area (Å²) >= 11 is 5.69. The van der Waals surface area contributed by atoms with Crippen molar-refractivity contribution in [2.45, 2.75) is 6.54 Å². The molecule has 126 valence electrons. The Morgan fingerprint density at radius 1 is 0.920 bits per heavy atom. The Kier molecular flexibility index (Phi) is 5.65. The SMILES string of the molecule is COc1cccc(NC(=S)N(Cc2ccccc2)c2ccccc2)c1. The first-order chi connectivity index (χ1) is 12.3. The first kappa shape index (κ1) is 17.0. The van der Waals surface area contributed by atoms with Crippen molar-refractivity contribution in [2.24, 2.45) is 0 Å². The molecular formula is C21H20N2OS. The molecule has 0 heterocycles. The molecule has 0 aromatic heterocycles. The Morgan fingerprint density at radius 2 is 1.60 bits per heavy atom. The summed E-state index contributed by atoms with van der Waals surface area (Å²) in [5.74, 6) is 0.794. The molecule has 0 spiro atoms. The van der Waals surface area contributed by atoms with Crippen LogP contribution in [-0.4, -0.2) is 12.2 Å². The van der Waals surface area contributed by atoms with Crippen molar-refractivity contribution in [3.63, 3.8) is 0 Å². The van der Waals surface area contributed by atoms with Gasteiger partial charge in [0.2, 0.25) is 0 Å². The van der Waals surface area contributed by atoms with Gasteiger partial charge in [-0.1, -0.05) is 54.6 Å². The monoisotopic (exact) mass is 348 g/mol. The van der Waals surface area contributed by atoms with Crippen molar-refractivity contribution in [3.8, 4) is 5.75 Å². The van der Waals surface area contributed by atoms with E-state index in [1.807, 2.05) is 60.7 Å². The third kappa shape index (κ3) is 4.58. The van der Waals surface area contributed by atoms with Crippen molar-refractivity contribution in [2.75, 3.05) is 17.3 Å². The molecule has 0 atom stereocenters. The Hall–Kier alpha value is -2.85. The number of ether oxygens (including phenoxy) is 1. The molecule has 0 aliphatic carbocycles. The van der Waals surface area contributed by atoms with Crippen LogP contribution in [0.2, 0.25) is 0 Å². The molecular weight excluding hydrogens is 328 g/mol. The lowest BCUT2D eigenvalue weighted by molar-refractivity contribution is 0.415. The zero-order valence-corrected chi connectivity index (χ0v) is 14.9. The predicted octanol–water partition coefficient (Wildman–Crippen LogP) is 5.10. The molecule has 3 aromatic rings. The molecule has 0 unspecified atom stereocenters. The molecule has 0 fully saturated rings. The lowest BCUT2D eigenvalue weighted by Crippen LogP contribution is -2.34. The lowest BCUT2D eigenvalue weighted by atomic mass is 10.2. The Labute approximate surface area is 153 Å². The van der Waals surface area contributed by atoms with Crippen LogP contribution in [0.5, 0.6) is 5.75 Å². The first-order valence-corrected chi connectivity index (χ1v) is 8.48. The highest BCUT2D eigenvalue weighted by molar-refractivity contribution is 7.80. The highest BCUT2D eigenvalue weighted by atomic mass is 32.1. The van der Waals surface area contributed by atoms with Gasteiger partial charge in [-0.2, -0.15) is 0 Å². The van der Waals surface area contributed by atoms with Gasteiger partial charge in [0.1, 0.15) is 5.75 Å². The molecule has 3 rings (SSSR count). The fraction of sp³-hybridized carbons (Fsp3) is 0.0952. The van der Waals surface area contributed by atoms with Gasteiger partial charge >= 0.3 is 0 Å². The van der Waals surface area contributed by atoms with E-state index >= 15 is 0 Å². The maximum Gasteiger partial charge on any atom is 0.178 e. The Morgan fingerprint density at radius 3 is 2.28 bits per heavy atom. The molecule has 0 saturated carbocycles. The third-order valence-electron chi connectivity index (χ3n) is 3.82. The van der Waals surface area contributed by atoms with Crippen LogP contribution < -0.4 is 15.0 Å². The quantitative estimate of drug-likeness (QED) is 0.649. The molecule has 0 bridgehead atoms. The average molecular weight is 348 g/mol. The lowest BCUT2D eigenvalue weighted by Gasteiger charge is -2.26. The minimum atomic E-state index is 0.642. The Balaban J connectivity index is 1.84. The number of hydrogen-bond donors (Lipinski definition) is 1. The first-order valence-electron chi connectivity index (χ1n) is 8.08. The summed E-state index contributed by atoms with van der Waals surface area (Å²) in [5, 5.41) is 3.95. The van der Waals surface area contributed by atoms with E-state index in [1.165, 1.54) is 5.56 Å². The van der Waals surface area contributed by atoms with E-state index in [9.17, 15) is 0 Å². The summed E-state index contributed by atoms with van der Waals surface area (Å²) in [7, 11) is 1.66. The third-order valence-corrected chi connectivity index (χ3v) is 4.14. The van der Waals surface area contributed by atoms with Crippen LogP contribution in [0.25, 0.3) is 0 Å². The van der Waals surface area contributed by atoms with Crippen molar-refractivity contribution in [1.29, 1.82) is 0 Å². The van der Waals surface area contributed by atoms with Gasteiger partial charge in [0, 0.05) is 17.4 Å². The predicted molar refractivity (Wildman–Crippen MR) is 108 cm³/mol. The minimum Gasteiger partial charge on any atom is -0.497 e. The van der Waals surface area contributed by atoms with E-state index in [1.54, 1.807) is 7.11 Å². The molecule has 0 amide bonds. The van der Waals surface area contributed by atoms with Crippen LogP contribution in [0.3, 0.4) is 0 Å². The minimum absolute atomic E-state index is 0.642. The van der Waals surface area contributed by atoms with E-state index in [0.29, 0.717) is 11.7 Å². The van der Waals surface area contributed by atoms with Crippen molar-refractivity contribution < 1.29 is 4.74 Å². The summed E-state index contributed by atoms with van der Waals surface area (Å²) < 4.78 is 5.28. The van der Waals surface area contributed by atoms with Gasteiger partial charge in [-0.05, 0) is 42.0 Å². The molecule has 25 heavy (non-hydrogen) atoms. The van der Waals surface area contributed by atoms with Crippen LogP contribution in [0.1, 0.15) is 5.56 Å². The second-order valence-electron chi connectivity index (χ2n) is 5.57. The summed E-state index contributed by atoms with van der Waals surface area (Å²) in [6.07, 6.45) is 0. The van der Waals surface area contributed by atoms with Gasteiger partial charge in [-0.15, -0.1) is 0 Å². The second-order valence-corrected chi connectivity index (χ2v) is 5.96. The number of nitrogens with zero attached hydrogens (tertiary/aromatic N) is 1. The maximum atomic E-state index is 5.69. The summed E-state index contributed by atoms with van der Waals surface area (Å²) in [6, 6.07) is 28.2. The fourth-order valence-electron chi connectivity index (χ4n) is 2.55. The fourth-order valence-corrected chi connectivity index (χ4v) is 2.83. The van der Waals surface area contributed by atoms with Crippen LogP contribution >= 0.6 is 12.2 Å². The summed E-state index contributed by atoms with van der Waals surface area (Å²) in [4.78, 5) is 2.09. The number of anilines is 2. The highest BCUT2D eigenvalue weighted by Gasteiger charge is 2.13. The molecule has 1 N–H and O–H groups in total. The molecule has 0 radical (unpaired) electrons. The second kappa shape index (κ2) is 8.31. The zero-order chi connectivity index (χ0) is 17.5. The average Bonchev–Trinajstić information content (AvgIpc) is 2.67. The molecule has 3 aromatic carbocycles. The largest absolute Gasteiger partial charge is 0.497 e. The number of hydrogen-bond acceptors (Lipinski definition) is 2. The summed E-state index contributed by atoms with van der Waals surface area (Å²) in [6.45, 7) is 0.695. The van der Waals surface area contributed by atoms with Gasteiger partial charge in [0.25, 0.3) is 0 Å². The zero-order valence-electron chi connectivity index (χ0n) is 14.1. The standard InChI is InChI=1S/C21H20N2OS/c1-24-20-14-8-11-18(15-20)22-21(25)23(19-12-6-3-7-13-19)16-17-9-4-2-5-10-17/h2-15H,16H2,1H3,(H,22,25). The smallest absolute Gasteiger partial charge is 0.178 e. The van der Waals surface area contributed by atoms with E-state index in [0.717, 1.165) is 17.1 Å². The van der Waals surface area contributed by atoms with Crippen molar-refractivity contribution in [3.05, 3.63) is 90.5 Å². The number of benzene rings is 3. The van der Waals surface area contributed by atoms with Crippen molar-refractivity contribution in [1.82, 2.24) is 0 Å². The number of methoxy groups -OCH3 is 1. The van der Waals surface area contributed by atoms with Crippen molar-refractivity contribution >= 4 is 28.7 Å². The van der Waals surface area contributed by atoms with E-state index in [4.69, 9.17) is 17.0 Å². The topological polar surface area (TPSA) is 24.5 Å². The highest BCUT2D eigenvalue weighted by Crippen LogP contribution is 2.21. The van der Waals surface area contributed by atoms with E-state index < -0.39 is 0 Å². The van der Waals surface area contributed by atoms with Crippen LogP contribution in [0, 0.1) is 0 Å². The summed E-state index contributed by atoms with van der Waals surface area (Å²) in [5.41, 5.74) is 3.14. The molecule has 0 aliphatic heterocycles. The normalized spacial score (nSPS) is 10.1. The number of para-hydroxylation sites is 1. The van der Waals surface area contributed by atoms with Crippen LogP contribution in [0.15, 0.2) is 84.9 Å². The van der Waals surface area contributed by atoms with Gasteiger partial charge < -0.3 is 15.0 Å². The van der Waals surface area contributed by atoms with Gasteiger partial charge in [0.05, 0.1) is 13.7 Å². The Bertz CT molecular complexity index is 822. The van der Waals surface area contributed by atoms with Gasteiger partial charge in [-0.25, -0.2) is 0 Å². The maximum absolute atomic E-state index is 5.69. The molecule has 3 nitrogen and oxygen atoms in total. The number of rotatable bonds is 5. The number of thiocarbonyl (C=S) groups is 1. The molecule has 0 aliphatic rings.